The van der Waals surface area contributed by atoms with Crippen molar-refractivity contribution in [1.82, 2.24) is 9.78 Å². The van der Waals surface area contributed by atoms with Crippen LogP contribution >= 0.6 is 0 Å². The second-order valence-corrected chi connectivity index (χ2v) is 3.48. The summed E-state index contributed by atoms with van der Waals surface area (Å²) in [5, 5.41) is 7.56. The molecule has 0 aliphatic rings. The van der Waals surface area contributed by atoms with Crippen LogP contribution in [0, 0.1) is 5.92 Å². The van der Waals surface area contributed by atoms with Crippen LogP contribution < -0.4 is 5.32 Å². The van der Waals surface area contributed by atoms with Crippen molar-refractivity contribution >= 4 is 5.69 Å². The summed E-state index contributed by atoms with van der Waals surface area (Å²) in [5.41, 5.74) is 1.13. The van der Waals surface area contributed by atoms with Crippen molar-refractivity contribution in [2.45, 2.75) is 33.7 Å². The molecular formula is C10H19N3. The average Bonchev–Trinajstić information content (AvgIpc) is 2.61. The number of nitrogens with zero attached hydrogens (tertiary/aromatic N) is 2. The van der Waals surface area contributed by atoms with Gasteiger partial charge in [-0.05, 0) is 12.8 Å². The Morgan fingerprint density at radius 3 is 2.85 bits per heavy atom. The lowest BCUT2D eigenvalue weighted by Gasteiger charge is -2.08. The molecule has 0 amide bonds. The number of aryl methyl sites for hydroxylation is 1. The fourth-order valence-electron chi connectivity index (χ4n) is 1.06. The summed E-state index contributed by atoms with van der Waals surface area (Å²) in [6, 6.07) is 0. The molecular weight excluding hydrogens is 162 g/mol. The second-order valence-electron chi connectivity index (χ2n) is 3.48. The molecule has 0 saturated heterocycles. The van der Waals surface area contributed by atoms with Crippen molar-refractivity contribution in [3.8, 4) is 0 Å². The first-order valence-corrected chi connectivity index (χ1v) is 5.02. The van der Waals surface area contributed by atoms with E-state index in [1.807, 2.05) is 17.1 Å². The predicted octanol–water partition coefficient (Wildman–Crippen LogP) is 2.36. The van der Waals surface area contributed by atoms with Crippen LogP contribution in [0.3, 0.4) is 0 Å². The molecule has 1 aromatic heterocycles. The van der Waals surface area contributed by atoms with Gasteiger partial charge in [-0.1, -0.05) is 20.3 Å². The fourth-order valence-corrected chi connectivity index (χ4v) is 1.06. The van der Waals surface area contributed by atoms with Gasteiger partial charge < -0.3 is 5.32 Å². The van der Waals surface area contributed by atoms with E-state index in [1.54, 1.807) is 0 Å². The van der Waals surface area contributed by atoms with Crippen molar-refractivity contribution in [2.24, 2.45) is 5.92 Å². The number of aromatic nitrogens is 2. The van der Waals surface area contributed by atoms with E-state index >= 15 is 0 Å². The molecule has 3 heteroatoms. The van der Waals surface area contributed by atoms with Crippen LogP contribution in [0.2, 0.25) is 0 Å². The molecule has 1 heterocycles. The minimum absolute atomic E-state index is 0.727. The predicted molar refractivity (Wildman–Crippen MR) is 55.8 cm³/mol. The third-order valence-corrected chi connectivity index (χ3v) is 2.31. The molecule has 3 nitrogen and oxygen atoms in total. The van der Waals surface area contributed by atoms with Gasteiger partial charge in [-0.15, -0.1) is 0 Å². The highest BCUT2D eigenvalue weighted by atomic mass is 15.3. The zero-order valence-corrected chi connectivity index (χ0v) is 8.75. The average molecular weight is 181 g/mol. The SMILES string of the molecule is CC[C@H](C)CNc1cnn(CC)c1. The topological polar surface area (TPSA) is 29.9 Å². The number of rotatable bonds is 5. The van der Waals surface area contributed by atoms with Crippen LogP contribution in [0.25, 0.3) is 0 Å². The number of hydrogen-bond donors (Lipinski definition) is 1. The van der Waals surface area contributed by atoms with Crippen LogP contribution in [0.15, 0.2) is 12.4 Å². The van der Waals surface area contributed by atoms with Crippen molar-refractivity contribution in [3.63, 3.8) is 0 Å². The largest absolute Gasteiger partial charge is 0.382 e. The monoisotopic (exact) mass is 181 g/mol. The lowest BCUT2D eigenvalue weighted by molar-refractivity contribution is 0.593. The Balaban J connectivity index is 2.36. The van der Waals surface area contributed by atoms with Gasteiger partial charge in [0.25, 0.3) is 0 Å². The van der Waals surface area contributed by atoms with Crippen LogP contribution in [-0.2, 0) is 6.54 Å². The lowest BCUT2D eigenvalue weighted by Crippen LogP contribution is -2.09. The summed E-state index contributed by atoms with van der Waals surface area (Å²) in [5.74, 6) is 0.727. The van der Waals surface area contributed by atoms with E-state index in [9.17, 15) is 0 Å². The van der Waals surface area contributed by atoms with Gasteiger partial charge in [0.15, 0.2) is 0 Å². The van der Waals surface area contributed by atoms with Gasteiger partial charge in [0.1, 0.15) is 0 Å². The van der Waals surface area contributed by atoms with E-state index < -0.39 is 0 Å². The first kappa shape index (κ1) is 10.1. The van der Waals surface area contributed by atoms with E-state index in [4.69, 9.17) is 0 Å². The molecule has 1 aromatic rings. The van der Waals surface area contributed by atoms with Crippen LogP contribution in [0.5, 0.6) is 0 Å². The van der Waals surface area contributed by atoms with E-state index in [-0.39, 0.29) is 0 Å². The van der Waals surface area contributed by atoms with E-state index in [1.165, 1.54) is 6.42 Å². The molecule has 0 fully saturated rings. The summed E-state index contributed by atoms with van der Waals surface area (Å²) in [6.07, 6.45) is 5.14. The summed E-state index contributed by atoms with van der Waals surface area (Å²) in [7, 11) is 0. The molecule has 0 bridgehead atoms. The highest BCUT2D eigenvalue weighted by molar-refractivity contribution is 5.37. The smallest absolute Gasteiger partial charge is 0.0726 e. The second kappa shape index (κ2) is 4.90. The molecule has 1 atom stereocenters. The van der Waals surface area contributed by atoms with E-state index in [0.29, 0.717) is 0 Å². The van der Waals surface area contributed by atoms with Gasteiger partial charge in [-0.3, -0.25) is 4.68 Å². The molecule has 1 N–H and O–H groups in total. The minimum Gasteiger partial charge on any atom is -0.382 e. The Morgan fingerprint density at radius 2 is 2.31 bits per heavy atom. The van der Waals surface area contributed by atoms with Gasteiger partial charge in [0.2, 0.25) is 0 Å². The molecule has 0 unspecified atom stereocenters. The van der Waals surface area contributed by atoms with Crippen LogP contribution in [0.4, 0.5) is 5.69 Å². The fraction of sp³-hybridized carbons (Fsp3) is 0.700. The van der Waals surface area contributed by atoms with Crippen molar-refractivity contribution in [1.29, 1.82) is 0 Å². The van der Waals surface area contributed by atoms with Crippen molar-refractivity contribution < 1.29 is 0 Å². The third kappa shape index (κ3) is 3.09. The molecule has 0 saturated carbocycles. The quantitative estimate of drug-likeness (QED) is 0.755. The van der Waals surface area contributed by atoms with Crippen molar-refractivity contribution in [2.75, 3.05) is 11.9 Å². The molecule has 1 rings (SSSR count). The molecule has 0 aliphatic heterocycles. The maximum absolute atomic E-state index is 4.19. The Labute approximate surface area is 80.1 Å². The lowest BCUT2D eigenvalue weighted by atomic mass is 10.1. The van der Waals surface area contributed by atoms with Gasteiger partial charge >= 0.3 is 0 Å². The highest BCUT2D eigenvalue weighted by Gasteiger charge is 1.99. The summed E-state index contributed by atoms with van der Waals surface area (Å²) in [4.78, 5) is 0. The van der Waals surface area contributed by atoms with E-state index in [0.717, 1.165) is 24.7 Å². The summed E-state index contributed by atoms with van der Waals surface area (Å²) >= 11 is 0. The Bertz CT molecular complexity index is 242. The standard InChI is InChI=1S/C10H19N3/c1-4-9(3)6-11-10-7-12-13(5-2)8-10/h7-9,11H,4-6H2,1-3H3/t9-/m0/s1. The molecule has 0 aromatic carbocycles. The zero-order valence-electron chi connectivity index (χ0n) is 8.75. The molecule has 74 valence electrons. The molecule has 0 spiro atoms. The van der Waals surface area contributed by atoms with Gasteiger partial charge in [-0.25, -0.2) is 0 Å². The summed E-state index contributed by atoms with van der Waals surface area (Å²) < 4.78 is 1.93. The molecule has 0 aliphatic carbocycles. The number of hydrogen-bond acceptors (Lipinski definition) is 2. The van der Waals surface area contributed by atoms with Gasteiger partial charge in [0, 0.05) is 19.3 Å². The first-order chi connectivity index (χ1) is 6.26. The Kier molecular flexibility index (Phi) is 3.80. The number of nitrogens with one attached hydrogen (secondary N) is 1. The van der Waals surface area contributed by atoms with Gasteiger partial charge in [0.05, 0.1) is 11.9 Å². The minimum atomic E-state index is 0.727. The van der Waals surface area contributed by atoms with Crippen molar-refractivity contribution in [3.05, 3.63) is 12.4 Å². The first-order valence-electron chi connectivity index (χ1n) is 5.02. The normalized spacial score (nSPS) is 12.8. The molecule has 0 radical (unpaired) electrons. The van der Waals surface area contributed by atoms with Crippen LogP contribution in [0.1, 0.15) is 27.2 Å². The maximum atomic E-state index is 4.19. The third-order valence-electron chi connectivity index (χ3n) is 2.31. The van der Waals surface area contributed by atoms with Gasteiger partial charge in [-0.2, -0.15) is 5.10 Å². The maximum Gasteiger partial charge on any atom is 0.0726 e. The number of anilines is 1. The van der Waals surface area contributed by atoms with E-state index in [2.05, 4.69) is 31.2 Å². The Morgan fingerprint density at radius 1 is 1.54 bits per heavy atom. The highest BCUT2D eigenvalue weighted by Crippen LogP contribution is 2.07. The molecule has 13 heavy (non-hydrogen) atoms. The zero-order chi connectivity index (χ0) is 9.68. The Hall–Kier alpha value is -0.990. The summed E-state index contributed by atoms with van der Waals surface area (Å²) in [6.45, 7) is 8.52. The van der Waals surface area contributed by atoms with Crippen LogP contribution in [-0.4, -0.2) is 16.3 Å².